The van der Waals surface area contributed by atoms with Gasteiger partial charge in [-0.25, -0.2) is 0 Å². The second-order valence-electron chi connectivity index (χ2n) is 5.29. The normalized spacial score (nSPS) is 11.3. The molecular weight excluding hydrogens is 252 g/mol. The average Bonchev–Trinajstić information content (AvgIpc) is 2.18. The van der Waals surface area contributed by atoms with E-state index in [9.17, 15) is 9.59 Å². The van der Waals surface area contributed by atoms with Gasteiger partial charge in [0, 0.05) is 17.0 Å². The Hall–Kier alpha value is -1.35. The molecule has 3 nitrogen and oxygen atoms in total. The van der Waals surface area contributed by atoms with Crippen LogP contribution in [0.5, 0.6) is 0 Å². The summed E-state index contributed by atoms with van der Waals surface area (Å²) in [6.07, 6.45) is 0.166. The number of aliphatic carboxylic acids is 1. The number of rotatable bonds is 5. The van der Waals surface area contributed by atoms with Gasteiger partial charge in [0.25, 0.3) is 0 Å². The Morgan fingerprint density at radius 1 is 1.28 bits per heavy atom. The Balaban J connectivity index is 2.88. The molecule has 4 heteroatoms. The maximum absolute atomic E-state index is 12.2. The Labute approximate surface area is 112 Å². The van der Waals surface area contributed by atoms with E-state index in [0.29, 0.717) is 10.6 Å². The van der Waals surface area contributed by atoms with Crippen molar-refractivity contribution in [2.75, 3.05) is 0 Å². The number of halogens is 1. The highest BCUT2D eigenvalue weighted by molar-refractivity contribution is 6.31. The van der Waals surface area contributed by atoms with E-state index in [2.05, 4.69) is 0 Å². The van der Waals surface area contributed by atoms with Gasteiger partial charge in [-0.2, -0.15) is 0 Å². The van der Waals surface area contributed by atoms with Crippen LogP contribution in [0.15, 0.2) is 18.2 Å². The van der Waals surface area contributed by atoms with E-state index in [4.69, 9.17) is 16.7 Å². The smallest absolute Gasteiger partial charge is 0.303 e. The third-order valence-electron chi connectivity index (χ3n) is 2.77. The molecule has 0 saturated heterocycles. The standard InChI is InChI=1S/C14H17ClO3/c1-9-4-5-10(15)6-11(9)12(16)7-14(2,3)8-13(17)18/h4-6H,7-8H2,1-3H3,(H,17,18). The quantitative estimate of drug-likeness (QED) is 0.828. The summed E-state index contributed by atoms with van der Waals surface area (Å²) in [6.45, 7) is 5.39. The number of carboxylic acids is 1. The van der Waals surface area contributed by atoms with E-state index < -0.39 is 11.4 Å². The van der Waals surface area contributed by atoms with E-state index in [1.807, 2.05) is 6.92 Å². The molecule has 0 saturated carbocycles. The predicted octanol–water partition coefficient (Wildman–Crippen LogP) is 3.72. The number of hydrogen-bond acceptors (Lipinski definition) is 2. The first kappa shape index (κ1) is 14.7. The van der Waals surface area contributed by atoms with Crippen LogP contribution >= 0.6 is 11.6 Å². The van der Waals surface area contributed by atoms with Gasteiger partial charge in [0.2, 0.25) is 0 Å². The van der Waals surface area contributed by atoms with Crippen molar-refractivity contribution in [2.45, 2.75) is 33.6 Å². The van der Waals surface area contributed by atoms with Crippen molar-refractivity contribution in [1.82, 2.24) is 0 Å². The van der Waals surface area contributed by atoms with E-state index in [1.165, 1.54) is 0 Å². The monoisotopic (exact) mass is 268 g/mol. The Bertz CT molecular complexity index is 478. The molecule has 0 radical (unpaired) electrons. The van der Waals surface area contributed by atoms with Crippen LogP contribution in [0.3, 0.4) is 0 Å². The first-order chi connectivity index (χ1) is 8.21. The molecule has 0 spiro atoms. The fourth-order valence-electron chi connectivity index (χ4n) is 1.90. The number of benzene rings is 1. The minimum Gasteiger partial charge on any atom is -0.481 e. The topological polar surface area (TPSA) is 54.4 Å². The van der Waals surface area contributed by atoms with Crippen LogP contribution in [0.2, 0.25) is 5.02 Å². The second kappa shape index (κ2) is 5.53. The molecule has 0 bridgehead atoms. The van der Waals surface area contributed by atoms with Crippen LogP contribution in [0, 0.1) is 12.3 Å². The number of Topliss-reactive ketones (excluding diaryl/α,β-unsaturated/α-hetero) is 1. The van der Waals surface area contributed by atoms with E-state index in [-0.39, 0.29) is 18.6 Å². The van der Waals surface area contributed by atoms with Crippen molar-refractivity contribution < 1.29 is 14.7 Å². The van der Waals surface area contributed by atoms with E-state index >= 15 is 0 Å². The number of carboxylic acid groups (broad SMARTS) is 1. The number of carbonyl (C=O) groups is 2. The van der Waals surface area contributed by atoms with Crippen molar-refractivity contribution in [1.29, 1.82) is 0 Å². The predicted molar refractivity (Wildman–Crippen MR) is 71.2 cm³/mol. The van der Waals surface area contributed by atoms with Crippen LogP contribution in [0.1, 0.15) is 42.6 Å². The van der Waals surface area contributed by atoms with Gasteiger partial charge in [-0.3, -0.25) is 9.59 Å². The van der Waals surface area contributed by atoms with Crippen molar-refractivity contribution in [2.24, 2.45) is 5.41 Å². The lowest BCUT2D eigenvalue weighted by atomic mass is 9.82. The highest BCUT2D eigenvalue weighted by Gasteiger charge is 2.26. The van der Waals surface area contributed by atoms with Gasteiger partial charge in [0.05, 0.1) is 6.42 Å². The highest BCUT2D eigenvalue weighted by atomic mass is 35.5. The zero-order valence-corrected chi connectivity index (χ0v) is 11.5. The van der Waals surface area contributed by atoms with Gasteiger partial charge in [-0.15, -0.1) is 0 Å². The number of carbonyl (C=O) groups excluding carboxylic acids is 1. The Morgan fingerprint density at radius 3 is 2.44 bits per heavy atom. The SMILES string of the molecule is Cc1ccc(Cl)cc1C(=O)CC(C)(C)CC(=O)O. The summed E-state index contributed by atoms with van der Waals surface area (Å²) < 4.78 is 0. The maximum atomic E-state index is 12.2. The minimum absolute atomic E-state index is 0.0294. The molecule has 0 aliphatic carbocycles. The van der Waals surface area contributed by atoms with Crippen molar-refractivity contribution >= 4 is 23.4 Å². The summed E-state index contributed by atoms with van der Waals surface area (Å²) in [6, 6.07) is 5.16. The third kappa shape index (κ3) is 4.15. The Kier molecular flexibility index (Phi) is 4.52. The molecule has 0 aliphatic rings. The zero-order chi connectivity index (χ0) is 13.9. The zero-order valence-electron chi connectivity index (χ0n) is 10.8. The molecule has 0 unspecified atom stereocenters. The fraction of sp³-hybridized carbons (Fsp3) is 0.429. The van der Waals surface area contributed by atoms with Crippen LogP contribution < -0.4 is 0 Å². The van der Waals surface area contributed by atoms with Gasteiger partial charge in [0.15, 0.2) is 5.78 Å². The molecule has 0 heterocycles. The fourth-order valence-corrected chi connectivity index (χ4v) is 2.07. The molecule has 0 atom stereocenters. The van der Waals surface area contributed by atoms with Gasteiger partial charge in [0.1, 0.15) is 0 Å². The van der Waals surface area contributed by atoms with Crippen molar-refractivity contribution in [3.05, 3.63) is 34.3 Å². The molecule has 1 N–H and O–H groups in total. The molecule has 0 fully saturated rings. The van der Waals surface area contributed by atoms with Crippen LogP contribution in [0.4, 0.5) is 0 Å². The maximum Gasteiger partial charge on any atom is 0.303 e. The highest BCUT2D eigenvalue weighted by Crippen LogP contribution is 2.28. The average molecular weight is 269 g/mol. The van der Waals surface area contributed by atoms with Gasteiger partial charge < -0.3 is 5.11 Å². The molecule has 1 aromatic carbocycles. The van der Waals surface area contributed by atoms with Crippen molar-refractivity contribution in [3.8, 4) is 0 Å². The van der Waals surface area contributed by atoms with Crippen LogP contribution in [-0.4, -0.2) is 16.9 Å². The summed E-state index contributed by atoms with van der Waals surface area (Å²) in [5, 5.41) is 9.31. The molecule has 18 heavy (non-hydrogen) atoms. The lowest BCUT2D eigenvalue weighted by Gasteiger charge is -2.21. The minimum atomic E-state index is -0.893. The van der Waals surface area contributed by atoms with Gasteiger partial charge in [-0.1, -0.05) is 31.5 Å². The van der Waals surface area contributed by atoms with Crippen LogP contribution in [0.25, 0.3) is 0 Å². The number of aryl methyl sites for hydroxylation is 1. The van der Waals surface area contributed by atoms with E-state index in [0.717, 1.165) is 5.56 Å². The van der Waals surface area contributed by atoms with Crippen LogP contribution in [-0.2, 0) is 4.79 Å². The van der Waals surface area contributed by atoms with Crippen molar-refractivity contribution in [3.63, 3.8) is 0 Å². The molecule has 1 rings (SSSR count). The molecule has 1 aromatic rings. The molecule has 0 aromatic heterocycles. The number of ketones is 1. The lowest BCUT2D eigenvalue weighted by Crippen LogP contribution is -2.21. The van der Waals surface area contributed by atoms with Gasteiger partial charge >= 0.3 is 5.97 Å². The van der Waals surface area contributed by atoms with E-state index in [1.54, 1.807) is 32.0 Å². The molecule has 98 valence electrons. The first-order valence-corrected chi connectivity index (χ1v) is 6.10. The number of hydrogen-bond donors (Lipinski definition) is 1. The summed E-state index contributed by atoms with van der Waals surface area (Å²) in [5.74, 6) is -0.961. The summed E-state index contributed by atoms with van der Waals surface area (Å²) in [7, 11) is 0. The molecular formula is C14H17ClO3. The molecule has 0 aliphatic heterocycles. The lowest BCUT2D eigenvalue weighted by molar-refractivity contribution is -0.139. The summed E-state index contributed by atoms with van der Waals surface area (Å²) in [5.41, 5.74) is 0.869. The Morgan fingerprint density at radius 2 is 1.89 bits per heavy atom. The largest absolute Gasteiger partial charge is 0.481 e. The second-order valence-corrected chi connectivity index (χ2v) is 5.73. The summed E-state index contributed by atoms with van der Waals surface area (Å²) in [4.78, 5) is 22.9. The first-order valence-electron chi connectivity index (χ1n) is 5.72. The summed E-state index contributed by atoms with van der Waals surface area (Å²) >= 11 is 5.87. The van der Waals surface area contributed by atoms with Gasteiger partial charge in [-0.05, 0) is 30.0 Å². The molecule has 0 amide bonds. The third-order valence-corrected chi connectivity index (χ3v) is 3.00.